The summed E-state index contributed by atoms with van der Waals surface area (Å²) in [5.74, 6) is 0. The van der Waals surface area contributed by atoms with E-state index in [2.05, 4.69) is 110 Å². The highest BCUT2D eigenvalue weighted by Crippen LogP contribution is 2.16. The van der Waals surface area contributed by atoms with Crippen molar-refractivity contribution in [3.8, 4) is 5.69 Å². The van der Waals surface area contributed by atoms with E-state index < -0.39 is 15.1 Å². The molecule has 1 aromatic heterocycles. The zero-order chi connectivity index (χ0) is 25.1. The van der Waals surface area contributed by atoms with Crippen LogP contribution < -0.4 is 18.9 Å². The predicted octanol–water partition coefficient (Wildman–Crippen LogP) is -0.525. The zero-order valence-electron chi connectivity index (χ0n) is 19.5. The number of nitrogens with zero attached hydrogens (tertiary/aromatic N) is 1. The molecule has 0 amide bonds. The summed E-state index contributed by atoms with van der Waals surface area (Å²) in [5, 5.41) is 0. The molecule has 2 nitrogen and oxygen atoms in total. The average Bonchev–Trinajstić information content (AvgIpc) is 2.80. The summed E-state index contributed by atoms with van der Waals surface area (Å²) < 4.78 is 60.2. The van der Waals surface area contributed by atoms with Crippen molar-refractivity contribution in [3.05, 3.63) is 108 Å². The summed E-state index contributed by atoms with van der Waals surface area (Å²) in [6.45, 7) is 5.24. The van der Waals surface area contributed by atoms with Crippen LogP contribution in [0.2, 0.25) is 0 Å². The summed E-state index contributed by atoms with van der Waals surface area (Å²) in [6.07, 6.45) is 11.1. The van der Waals surface area contributed by atoms with Crippen LogP contribution in [0.4, 0.5) is 31.6 Å². The van der Waals surface area contributed by atoms with Gasteiger partial charge in [0, 0.05) is 23.8 Å². The minimum Gasteiger partial charge on any atom is -1.00 e. The smallest absolute Gasteiger partial charge is 0.762 e. The first-order chi connectivity index (χ1) is 16.2. The number of aromatic nitrogens is 1. The molecule has 12 heteroatoms. The van der Waals surface area contributed by atoms with Crippen LogP contribution in [0.3, 0.4) is 0 Å². The van der Waals surface area contributed by atoms with Crippen molar-refractivity contribution in [2.75, 3.05) is 6.54 Å². The van der Waals surface area contributed by atoms with Gasteiger partial charge in [0.15, 0.2) is 12.4 Å². The topological polar surface area (TPSA) is 8.32 Å². The number of aryl methyl sites for hydroxylation is 2. The lowest BCUT2D eigenvalue weighted by molar-refractivity contribution is -0.768. The van der Waals surface area contributed by atoms with Crippen LogP contribution in [0, 0.1) is 13.8 Å². The van der Waals surface area contributed by atoms with Gasteiger partial charge in [0.2, 0.25) is 5.69 Å². The molecule has 2 aromatic carbocycles. The van der Waals surface area contributed by atoms with Gasteiger partial charge in [-0.3, -0.25) is 30.8 Å². The Labute approximate surface area is 205 Å². The maximum absolute atomic E-state index is 9.67. The molecule has 1 aliphatic heterocycles. The van der Waals surface area contributed by atoms with E-state index in [1.807, 2.05) is 0 Å². The first-order valence-corrected chi connectivity index (χ1v) is 10.4. The van der Waals surface area contributed by atoms with Gasteiger partial charge < -0.3 is 9.41 Å². The van der Waals surface area contributed by atoms with Gasteiger partial charge in [0.1, 0.15) is 18.4 Å². The average molecular weight is 514 g/mol. The fraction of sp³-hybridized carbons (Fsp3) is 0.125. The number of rotatable bonds is 3. The molecule has 0 saturated carbocycles. The quantitative estimate of drug-likeness (QED) is 0.274. The number of hydrogen-bond donors (Lipinski definition) is 1. The molecule has 3 aromatic rings. The van der Waals surface area contributed by atoms with Crippen molar-refractivity contribution < 1.29 is 44.8 Å². The van der Waals surface area contributed by atoms with Crippen LogP contribution in [0.25, 0.3) is 11.3 Å². The molecule has 0 bridgehead atoms. The SMILES string of the molecule is Cc1ccc([NH+]2C=CC(c3cc[n+](-c4ccccc4C)cc3)=CC2)cc1.FB(F)F.FB(F)F.[F-].[F-]. The fourth-order valence-electron chi connectivity index (χ4n) is 3.37. The predicted molar refractivity (Wildman–Crippen MR) is 125 cm³/mol. The maximum Gasteiger partial charge on any atom is 0.762 e. The van der Waals surface area contributed by atoms with Gasteiger partial charge >= 0.3 is 15.1 Å². The van der Waals surface area contributed by atoms with Crippen LogP contribution in [0.5, 0.6) is 0 Å². The number of allylic oxidation sites excluding steroid dienone is 2. The van der Waals surface area contributed by atoms with Crippen molar-refractivity contribution in [1.82, 2.24) is 0 Å². The summed E-state index contributed by atoms with van der Waals surface area (Å²) >= 11 is 0. The highest BCUT2D eigenvalue weighted by molar-refractivity contribution is 6.33. The number of halogens is 8. The maximum atomic E-state index is 9.67. The Kier molecular flexibility index (Phi) is 14.8. The van der Waals surface area contributed by atoms with E-state index in [-0.39, 0.29) is 9.41 Å². The largest absolute Gasteiger partial charge is 1.00 e. The molecule has 36 heavy (non-hydrogen) atoms. The Balaban J connectivity index is 0.00000108. The lowest BCUT2D eigenvalue weighted by Crippen LogP contribution is -3.02. The van der Waals surface area contributed by atoms with Crippen LogP contribution in [0.15, 0.2) is 91.4 Å². The fourth-order valence-corrected chi connectivity index (χ4v) is 3.37. The Hall–Kier alpha value is -3.40. The molecular weight excluding hydrogens is 490 g/mol. The Bertz CT molecular complexity index is 1080. The van der Waals surface area contributed by atoms with Crippen molar-refractivity contribution >= 4 is 26.3 Å². The van der Waals surface area contributed by atoms with Gasteiger partial charge in [-0.1, -0.05) is 35.9 Å². The second-order valence-corrected chi connectivity index (χ2v) is 7.36. The molecule has 1 aliphatic rings. The van der Waals surface area contributed by atoms with Crippen LogP contribution in [-0.2, 0) is 0 Å². The Morgan fingerprint density at radius 2 is 1.28 bits per heavy atom. The molecule has 0 saturated heterocycles. The van der Waals surface area contributed by atoms with Gasteiger partial charge in [-0.15, -0.1) is 0 Å². The third-order valence-electron chi connectivity index (χ3n) is 4.98. The van der Waals surface area contributed by atoms with E-state index in [1.54, 1.807) is 0 Å². The summed E-state index contributed by atoms with van der Waals surface area (Å²) in [7, 11) is -7.33. The van der Waals surface area contributed by atoms with Crippen LogP contribution >= 0.6 is 0 Å². The first kappa shape index (κ1) is 32.6. The van der Waals surface area contributed by atoms with Gasteiger partial charge in [-0.05, 0) is 49.3 Å². The van der Waals surface area contributed by atoms with E-state index in [4.69, 9.17) is 0 Å². The minimum absolute atomic E-state index is 0. The van der Waals surface area contributed by atoms with E-state index in [0.29, 0.717) is 0 Å². The molecule has 2 heterocycles. The lowest BCUT2D eigenvalue weighted by atomic mass is 10.0. The second-order valence-electron chi connectivity index (χ2n) is 7.36. The third-order valence-corrected chi connectivity index (χ3v) is 4.98. The van der Waals surface area contributed by atoms with E-state index in [9.17, 15) is 25.9 Å². The molecular formula is C24H24B2F8N2. The summed E-state index contributed by atoms with van der Waals surface area (Å²) in [4.78, 5) is 1.37. The number of benzene rings is 2. The van der Waals surface area contributed by atoms with Crippen molar-refractivity contribution in [2.45, 2.75) is 13.8 Å². The molecule has 1 unspecified atom stereocenters. The zero-order valence-corrected chi connectivity index (χ0v) is 19.5. The van der Waals surface area contributed by atoms with Gasteiger partial charge in [-0.2, -0.15) is 4.57 Å². The van der Waals surface area contributed by atoms with Crippen molar-refractivity contribution in [3.63, 3.8) is 0 Å². The van der Waals surface area contributed by atoms with Crippen molar-refractivity contribution in [1.29, 1.82) is 0 Å². The molecule has 4 rings (SSSR count). The molecule has 0 spiro atoms. The lowest BCUT2D eigenvalue weighted by Gasteiger charge is -2.17. The monoisotopic (exact) mass is 514 g/mol. The first-order valence-electron chi connectivity index (χ1n) is 10.4. The van der Waals surface area contributed by atoms with Gasteiger partial charge in [-0.25, -0.2) is 0 Å². The Morgan fingerprint density at radius 3 is 1.75 bits per heavy atom. The summed E-state index contributed by atoms with van der Waals surface area (Å²) in [5.41, 5.74) is 7.66. The van der Waals surface area contributed by atoms with Gasteiger partial charge in [0.05, 0.1) is 0 Å². The normalized spacial score (nSPS) is 13.3. The second kappa shape index (κ2) is 16.3. The number of hydrogen-bond acceptors (Lipinski definition) is 0. The van der Waals surface area contributed by atoms with Gasteiger partial charge in [0.25, 0.3) is 0 Å². The van der Waals surface area contributed by atoms with Crippen molar-refractivity contribution in [2.24, 2.45) is 0 Å². The molecule has 192 valence electrons. The highest BCUT2D eigenvalue weighted by atomic mass is 19.4. The third kappa shape index (κ3) is 10.9. The molecule has 0 fully saturated rings. The molecule has 0 aliphatic carbocycles. The molecule has 0 radical (unpaired) electrons. The van der Waals surface area contributed by atoms with E-state index in [1.165, 1.54) is 38.5 Å². The molecule has 1 atom stereocenters. The minimum atomic E-state index is -3.67. The number of quaternary nitrogens is 1. The number of para-hydroxylation sites is 1. The number of pyridine rings is 1. The Morgan fingerprint density at radius 1 is 0.750 bits per heavy atom. The standard InChI is InChI=1S/C24H23N2.2BF3.2FH/c1-19-7-9-23(10-8-19)25-15-11-21(12-16-25)22-13-17-26(18-14-22)24-6-4-3-5-20(24)2;2*2-1(3)4;;/h3-15,17-18H,16H2,1-2H3;;;2*1H/q+1;;;;/p-1. The van der Waals surface area contributed by atoms with Crippen LogP contribution in [0.1, 0.15) is 16.7 Å². The van der Waals surface area contributed by atoms with E-state index in [0.717, 1.165) is 6.54 Å². The highest BCUT2D eigenvalue weighted by Gasteiger charge is 2.15. The number of nitrogens with one attached hydrogen (secondary N) is 1. The molecule has 1 N–H and O–H groups in total. The van der Waals surface area contributed by atoms with Crippen LogP contribution in [-0.4, -0.2) is 21.6 Å². The summed E-state index contributed by atoms with van der Waals surface area (Å²) in [6, 6.07) is 21.6. The van der Waals surface area contributed by atoms with E-state index >= 15 is 0 Å².